The fourth-order valence-electron chi connectivity index (χ4n) is 3.31. The normalized spacial score (nSPS) is 13.7. The van der Waals surface area contributed by atoms with Crippen LogP contribution in [0, 0.1) is 11.2 Å². The zero-order chi connectivity index (χ0) is 23.9. The Morgan fingerprint density at radius 2 is 1.84 bits per heavy atom. The van der Waals surface area contributed by atoms with Crippen LogP contribution in [-0.2, 0) is 25.5 Å². The number of halogens is 2. The fourth-order valence-corrected chi connectivity index (χ4v) is 3.48. The maximum atomic E-state index is 14.1. The standard InChI is InChI=1S/C23H25ClFNO6/c1-3-32-22(31)23(2,13-27)12-17(26-20(28)21(29)30)10-14-4-6-15(7-5-14)18-11-16(24)8-9-19(18)25/h4-9,11,17,27H,3,10,12-13H2,1-2H3,(H,26,28)(H,29,30)/t17-,23+/m1/s1. The molecule has 0 aliphatic heterocycles. The number of carbonyl (C=O) groups excluding carboxylic acids is 2. The predicted molar refractivity (Wildman–Crippen MR) is 117 cm³/mol. The van der Waals surface area contributed by atoms with Crippen molar-refractivity contribution >= 4 is 29.4 Å². The molecule has 0 saturated heterocycles. The molecule has 0 fully saturated rings. The van der Waals surface area contributed by atoms with Crippen molar-refractivity contribution in [1.82, 2.24) is 5.32 Å². The molecule has 0 aliphatic carbocycles. The monoisotopic (exact) mass is 465 g/mol. The number of ether oxygens (including phenoxy) is 1. The molecule has 2 rings (SSSR count). The summed E-state index contributed by atoms with van der Waals surface area (Å²) >= 11 is 5.95. The Morgan fingerprint density at radius 3 is 2.41 bits per heavy atom. The van der Waals surface area contributed by atoms with E-state index >= 15 is 0 Å². The van der Waals surface area contributed by atoms with Crippen LogP contribution in [0.1, 0.15) is 25.8 Å². The van der Waals surface area contributed by atoms with Gasteiger partial charge in [-0.1, -0.05) is 35.9 Å². The molecule has 0 aromatic heterocycles. The van der Waals surface area contributed by atoms with Gasteiger partial charge in [-0.15, -0.1) is 0 Å². The molecule has 0 bridgehead atoms. The van der Waals surface area contributed by atoms with Crippen LogP contribution in [0.15, 0.2) is 42.5 Å². The second kappa shape index (κ2) is 11.1. The van der Waals surface area contributed by atoms with Crippen LogP contribution in [-0.4, -0.2) is 47.3 Å². The minimum atomic E-state index is -1.66. The van der Waals surface area contributed by atoms with Gasteiger partial charge in [-0.3, -0.25) is 9.59 Å². The molecule has 32 heavy (non-hydrogen) atoms. The Morgan fingerprint density at radius 1 is 1.19 bits per heavy atom. The van der Waals surface area contributed by atoms with E-state index in [9.17, 15) is 23.9 Å². The lowest BCUT2D eigenvalue weighted by Crippen LogP contribution is -2.46. The van der Waals surface area contributed by atoms with Gasteiger partial charge >= 0.3 is 17.8 Å². The van der Waals surface area contributed by atoms with Gasteiger partial charge < -0.3 is 20.3 Å². The molecule has 0 unspecified atom stereocenters. The van der Waals surface area contributed by atoms with Crippen LogP contribution in [0.2, 0.25) is 5.02 Å². The summed E-state index contributed by atoms with van der Waals surface area (Å²) in [6, 6.07) is 10.2. The molecule has 0 spiro atoms. The average Bonchev–Trinajstić information content (AvgIpc) is 2.76. The lowest BCUT2D eigenvalue weighted by atomic mass is 9.82. The van der Waals surface area contributed by atoms with Crippen LogP contribution in [0.5, 0.6) is 0 Å². The largest absolute Gasteiger partial charge is 0.474 e. The number of carbonyl (C=O) groups is 3. The van der Waals surface area contributed by atoms with Gasteiger partial charge in [0.25, 0.3) is 0 Å². The van der Waals surface area contributed by atoms with E-state index in [0.717, 1.165) is 0 Å². The van der Waals surface area contributed by atoms with Gasteiger partial charge in [0.05, 0.1) is 18.6 Å². The number of benzene rings is 2. The van der Waals surface area contributed by atoms with Crippen LogP contribution in [0.25, 0.3) is 11.1 Å². The smallest absolute Gasteiger partial charge is 0.394 e. The number of aliphatic carboxylic acids is 1. The number of aliphatic hydroxyl groups excluding tert-OH is 1. The predicted octanol–water partition coefficient (Wildman–Crippen LogP) is 3.21. The highest BCUT2D eigenvalue weighted by Gasteiger charge is 2.37. The summed E-state index contributed by atoms with van der Waals surface area (Å²) in [7, 11) is 0. The second-order valence-electron chi connectivity index (χ2n) is 7.64. The summed E-state index contributed by atoms with van der Waals surface area (Å²) < 4.78 is 19.1. The van der Waals surface area contributed by atoms with Crippen molar-refractivity contribution in [3.8, 4) is 11.1 Å². The van der Waals surface area contributed by atoms with Crippen LogP contribution in [0.4, 0.5) is 4.39 Å². The molecule has 1 amide bonds. The first-order valence-electron chi connectivity index (χ1n) is 9.96. The maximum absolute atomic E-state index is 14.1. The van der Waals surface area contributed by atoms with E-state index in [0.29, 0.717) is 21.7 Å². The van der Waals surface area contributed by atoms with Gasteiger partial charge in [-0.05, 0) is 56.0 Å². The molecule has 7 nitrogen and oxygen atoms in total. The highest BCUT2D eigenvalue weighted by atomic mass is 35.5. The minimum absolute atomic E-state index is 0.0496. The third kappa shape index (κ3) is 6.51. The summed E-state index contributed by atoms with van der Waals surface area (Å²) in [6.45, 7) is 2.68. The highest BCUT2D eigenvalue weighted by Crippen LogP contribution is 2.28. The number of carboxylic acids is 1. The van der Waals surface area contributed by atoms with Gasteiger partial charge in [0.1, 0.15) is 5.82 Å². The topological polar surface area (TPSA) is 113 Å². The summed E-state index contributed by atoms with van der Waals surface area (Å²) in [4.78, 5) is 35.1. The van der Waals surface area contributed by atoms with E-state index in [1.807, 2.05) is 0 Å². The quantitative estimate of drug-likeness (QED) is 0.387. The second-order valence-corrected chi connectivity index (χ2v) is 8.08. The first-order chi connectivity index (χ1) is 15.1. The third-order valence-electron chi connectivity index (χ3n) is 5.02. The van der Waals surface area contributed by atoms with Crippen molar-refractivity contribution in [2.45, 2.75) is 32.7 Å². The van der Waals surface area contributed by atoms with Crippen molar-refractivity contribution in [2.75, 3.05) is 13.2 Å². The number of amides is 1. The van der Waals surface area contributed by atoms with E-state index in [4.69, 9.17) is 21.4 Å². The number of aliphatic hydroxyl groups is 1. The highest BCUT2D eigenvalue weighted by molar-refractivity contribution is 6.31. The Balaban J connectivity index is 2.26. The summed E-state index contributed by atoms with van der Waals surface area (Å²) in [5, 5.41) is 21.5. The van der Waals surface area contributed by atoms with Gasteiger partial charge in [0.2, 0.25) is 0 Å². The first kappa shape index (κ1) is 25.3. The van der Waals surface area contributed by atoms with Crippen LogP contribution >= 0.6 is 11.6 Å². The number of hydrogen-bond donors (Lipinski definition) is 3. The number of nitrogens with one attached hydrogen (secondary N) is 1. The van der Waals surface area contributed by atoms with Crippen molar-refractivity contribution in [3.63, 3.8) is 0 Å². The molecule has 0 heterocycles. The molecular formula is C23H25ClFNO6. The summed E-state index contributed by atoms with van der Waals surface area (Å²) in [5.41, 5.74) is 0.286. The minimum Gasteiger partial charge on any atom is -0.474 e. The number of rotatable bonds is 9. The fraction of sp³-hybridized carbons (Fsp3) is 0.348. The molecule has 172 valence electrons. The SMILES string of the molecule is CCOC(=O)[C@](C)(CO)C[C@@H](Cc1ccc(-c2cc(Cl)ccc2F)cc1)NC(=O)C(=O)O. The molecule has 2 atom stereocenters. The van der Waals surface area contributed by atoms with Gasteiger partial charge in [0.15, 0.2) is 0 Å². The third-order valence-corrected chi connectivity index (χ3v) is 5.25. The summed E-state index contributed by atoms with van der Waals surface area (Å²) in [5.74, 6) is -3.97. The van der Waals surface area contributed by atoms with Gasteiger partial charge in [-0.25, -0.2) is 9.18 Å². The Labute approximate surface area is 190 Å². The lowest BCUT2D eigenvalue weighted by Gasteiger charge is -2.30. The Hall–Kier alpha value is -2.97. The zero-order valence-electron chi connectivity index (χ0n) is 17.7. The zero-order valence-corrected chi connectivity index (χ0v) is 18.5. The Kier molecular flexibility index (Phi) is 8.74. The van der Waals surface area contributed by atoms with Gasteiger partial charge in [-0.2, -0.15) is 0 Å². The summed E-state index contributed by atoms with van der Waals surface area (Å²) in [6.07, 6.45) is 0.123. The molecule has 3 N–H and O–H groups in total. The van der Waals surface area contributed by atoms with E-state index in [-0.39, 0.29) is 19.4 Å². The van der Waals surface area contributed by atoms with Crippen molar-refractivity contribution < 1.29 is 33.7 Å². The van der Waals surface area contributed by atoms with Crippen molar-refractivity contribution in [3.05, 3.63) is 58.9 Å². The molecule has 0 saturated carbocycles. The van der Waals surface area contributed by atoms with E-state index in [2.05, 4.69) is 5.32 Å². The first-order valence-corrected chi connectivity index (χ1v) is 10.3. The molecule has 2 aromatic rings. The number of carboxylic acid groups (broad SMARTS) is 1. The van der Waals surface area contributed by atoms with Crippen molar-refractivity contribution in [1.29, 1.82) is 0 Å². The molecule has 0 radical (unpaired) electrons. The molecular weight excluding hydrogens is 441 g/mol. The van der Waals surface area contributed by atoms with E-state index in [1.54, 1.807) is 31.2 Å². The number of hydrogen-bond acceptors (Lipinski definition) is 5. The maximum Gasteiger partial charge on any atom is 0.394 e. The van der Waals surface area contributed by atoms with E-state index in [1.165, 1.54) is 25.1 Å². The van der Waals surface area contributed by atoms with Crippen molar-refractivity contribution in [2.24, 2.45) is 5.41 Å². The Bertz CT molecular complexity index is 981. The van der Waals surface area contributed by atoms with Crippen LogP contribution < -0.4 is 5.32 Å². The average molecular weight is 466 g/mol. The lowest BCUT2D eigenvalue weighted by molar-refractivity contribution is -0.158. The number of esters is 1. The molecule has 0 aliphatic rings. The van der Waals surface area contributed by atoms with E-state index < -0.39 is 41.7 Å². The molecule has 9 heteroatoms. The molecule has 2 aromatic carbocycles. The van der Waals surface area contributed by atoms with Gasteiger partial charge in [0, 0.05) is 16.6 Å². The van der Waals surface area contributed by atoms with Crippen LogP contribution in [0.3, 0.4) is 0 Å².